The lowest BCUT2D eigenvalue weighted by Crippen LogP contribution is -2.41. The monoisotopic (exact) mass is 535 g/mol. The molecule has 0 fully saturated rings. The number of sulfonamides is 1. The Morgan fingerprint density at radius 3 is 2.21 bits per heavy atom. The van der Waals surface area contributed by atoms with Crippen molar-refractivity contribution >= 4 is 48.7 Å². The normalized spacial score (nSPS) is 13.0. The van der Waals surface area contributed by atoms with Gasteiger partial charge in [0.2, 0.25) is 10.0 Å². The number of aromatic nitrogens is 1. The van der Waals surface area contributed by atoms with E-state index >= 15 is 0 Å². The number of anilines is 1. The molecular formula is C22H21N3O5S4. The second kappa shape index (κ2) is 10.3. The lowest BCUT2D eigenvalue weighted by molar-refractivity contribution is 0.471. The number of nitrogens with zero attached hydrogens (tertiary/aromatic N) is 2. The summed E-state index contributed by atoms with van der Waals surface area (Å²) in [7, 11) is -8.58. The van der Waals surface area contributed by atoms with Crippen molar-refractivity contribution in [2.75, 3.05) is 10.8 Å². The molecule has 0 bridgehead atoms. The number of rotatable bonds is 10. The Kier molecular flexibility index (Phi) is 7.45. The summed E-state index contributed by atoms with van der Waals surface area (Å²) < 4.78 is 63.8. The molecule has 8 nitrogen and oxygen atoms in total. The predicted octanol–water partition coefficient (Wildman–Crippen LogP) is 4.34. The van der Waals surface area contributed by atoms with Gasteiger partial charge in [-0.25, -0.2) is 22.4 Å². The molecule has 1 atom stereocenters. The molecule has 2 N–H and O–H groups in total. The molecule has 0 amide bonds. The SMILES string of the molecule is O=S(=O)(Cc1ccccc1)NC(CN(c1ccccc1)S(=O)(=O)O)c1csc(-c2cccs2)n1. The molecule has 0 saturated heterocycles. The minimum Gasteiger partial charge on any atom is -0.269 e. The highest BCUT2D eigenvalue weighted by atomic mass is 32.2. The van der Waals surface area contributed by atoms with Crippen LogP contribution in [0, 0.1) is 0 Å². The van der Waals surface area contributed by atoms with Crippen LogP contribution in [0.4, 0.5) is 5.69 Å². The van der Waals surface area contributed by atoms with Crippen molar-refractivity contribution in [1.29, 1.82) is 0 Å². The minimum atomic E-state index is -4.70. The highest BCUT2D eigenvalue weighted by molar-refractivity contribution is 7.88. The molecule has 0 aliphatic carbocycles. The van der Waals surface area contributed by atoms with Gasteiger partial charge in [0, 0.05) is 5.38 Å². The van der Waals surface area contributed by atoms with E-state index in [0.717, 1.165) is 9.18 Å². The van der Waals surface area contributed by atoms with Crippen LogP contribution in [-0.2, 0) is 26.1 Å². The summed E-state index contributed by atoms with van der Waals surface area (Å²) in [5, 5.41) is 4.29. The zero-order valence-electron chi connectivity index (χ0n) is 17.7. The van der Waals surface area contributed by atoms with Crippen LogP contribution in [0.5, 0.6) is 0 Å². The zero-order chi connectivity index (χ0) is 24.2. The Balaban J connectivity index is 1.69. The van der Waals surface area contributed by atoms with Crippen LogP contribution in [0.15, 0.2) is 83.6 Å². The van der Waals surface area contributed by atoms with Gasteiger partial charge in [-0.15, -0.1) is 22.7 Å². The van der Waals surface area contributed by atoms with Gasteiger partial charge in [-0.2, -0.15) is 8.42 Å². The second-order valence-corrected chi connectivity index (χ2v) is 12.2. The molecule has 2 aromatic carbocycles. The topological polar surface area (TPSA) is 117 Å². The molecule has 2 aromatic heterocycles. The summed E-state index contributed by atoms with van der Waals surface area (Å²) in [5.41, 5.74) is 1.14. The number of hydrogen-bond donors (Lipinski definition) is 2. The molecule has 0 saturated carbocycles. The molecule has 4 aromatic rings. The van der Waals surface area contributed by atoms with Crippen molar-refractivity contribution in [3.05, 3.63) is 94.8 Å². The third-order valence-corrected chi connectivity index (χ3v) is 8.98. The minimum absolute atomic E-state index is 0.200. The molecule has 12 heteroatoms. The van der Waals surface area contributed by atoms with Gasteiger partial charge in [-0.05, 0) is 29.1 Å². The lowest BCUT2D eigenvalue weighted by Gasteiger charge is -2.26. The van der Waals surface area contributed by atoms with Crippen LogP contribution < -0.4 is 9.03 Å². The Morgan fingerprint density at radius 1 is 0.912 bits per heavy atom. The largest absolute Gasteiger partial charge is 0.360 e. The Morgan fingerprint density at radius 2 is 1.59 bits per heavy atom. The smallest absolute Gasteiger partial charge is 0.269 e. The van der Waals surface area contributed by atoms with E-state index in [4.69, 9.17) is 0 Å². The molecule has 2 heterocycles. The summed E-state index contributed by atoms with van der Waals surface area (Å²) in [4.78, 5) is 5.49. The summed E-state index contributed by atoms with van der Waals surface area (Å²) in [5.74, 6) is -0.288. The fourth-order valence-corrected chi connectivity index (χ4v) is 7.05. The first kappa shape index (κ1) is 24.5. The number of hydrogen-bond acceptors (Lipinski definition) is 7. The van der Waals surface area contributed by atoms with Crippen molar-refractivity contribution in [2.24, 2.45) is 0 Å². The number of thiophene rings is 1. The number of nitrogens with one attached hydrogen (secondary N) is 1. The van der Waals surface area contributed by atoms with Gasteiger partial charge >= 0.3 is 10.3 Å². The summed E-state index contributed by atoms with van der Waals surface area (Å²) >= 11 is 2.82. The molecule has 0 aliphatic rings. The average molecular weight is 536 g/mol. The standard InChI is InChI=1S/C22H21N3O5S4/c26-33(27,16-17-8-3-1-4-9-17)24-19(20-15-32-22(23-20)21-12-7-13-31-21)14-25(34(28,29)30)18-10-5-2-6-11-18/h1-13,15,19,24H,14,16H2,(H,28,29,30). The van der Waals surface area contributed by atoms with Gasteiger partial charge in [0.25, 0.3) is 0 Å². The van der Waals surface area contributed by atoms with E-state index in [1.807, 2.05) is 17.5 Å². The van der Waals surface area contributed by atoms with E-state index in [0.29, 0.717) is 16.3 Å². The van der Waals surface area contributed by atoms with Crippen molar-refractivity contribution < 1.29 is 21.4 Å². The number of para-hydroxylation sites is 1. The molecule has 178 valence electrons. The third kappa shape index (κ3) is 6.29. The second-order valence-electron chi connectivity index (χ2n) is 7.31. The average Bonchev–Trinajstić information content (AvgIpc) is 3.49. The van der Waals surface area contributed by atoms with Gasteiger partial charge < -0.3 is 0 Å². The van der Waals surface area contributed by atoms with E-state index in [9.17, 15) is 21.4 Å². The molecule has 4 rings (SSSR count). The molecular weight excluding hydrogens is 515 g/mol. The highest BCUT2D eigenvalue weighted by Gasteiger charge is 2.29. The number of benzene rings is 2. The Bertz CT molecular complexity index is 1420. The van der Waals surface area contributed by atoms with Crippen LogP contribution >= 0.6 is 22.7 Å². The van der Waals surface area contributed by atoms with E-state index in [2.05, 4.69) is 9.71 Å². The maximum atomic E-state index is 13.0. The molecule has 1 unspecified atom stereocenters. The predicted molar refractivity (Wildman–Crippen MR) is 136 cm³/mol. The van der Waals surface area contributed by atoms with Crippen molar-refractivity contribution in [2.45, 2.75) is 11.8 Å². The van der Waals surface area contributed by atoms with Gasteiger partial charge in [0.05, 0.1) is 34.6 Å². The molecule has 0 spiro atoms. The zero-order valence-corrected chi connectivity index (χ0v) is 20.9. The van der Waals surface area contributed by atoms with Crippen LogP contribution in [-0.4, -0.2) is 32.9 Å². The first-order valence-corrected chi connectivity index (χ1v) is 14.9. The first-order valence-electron chi connectivity index (χ1n) is 10.0. The fraction of sp³-hybridized carbons (Fsp3) is 0.136. The van der Waals surface area contributed by atoms with E-state index in [1.165, 1.54) is 34.8 Å². The van der Waals surface area contributed by atoms with Crippen LogP contribution in [0.25, 0.3) is 9.88 Å². The maximum Gasteiger partial charge on any atom is 0.360 e. The van der Waals surface area contributed by atoms with Gasteiger partial charge in [0.1, 0.15) is 5.01 Å². The van der Waals surface area contributed by atoms with Gasteiger partial charge in [0.15, 0.2) is 0 Å². The van der Waals surface area contributed by atoms with Crippen molar-refractivity contribution in [1.82, 2.24) is 9.71 Å². The van der Waals surface area contributed by atoms with E-state index in [-0.39, 0.29) is 18.0 Å². The summed E-state index contributed by atoms with van der Waals surface area (Å²) in [6.07, 6.45) is 0. The van der Waals surface area contributed by atoms with Crippen molar-refractivity contribution in [3.63, 3.8) is 0 Å². The first-order chi connectivity index (χ1) is 16.2. The summed E-state index contributed by atoms with van der Waals surface area (Å²) in [6.45, 7) is -0.384. The van der Waals surface area contributed by atoms with Gasteiger partial charge in [-0.1, -0.05) is 54.6 Å². The van der Waals surface area contributed by atoms with Crippen molar-refractivity contribution in [3.8, 4) is 9.88 Å². The third-order valence-electron chi connectivity index (χ3n) is 4.80. The van der Waals surface area contributed by atoms with E-state index < -0.39 is 26.4 Å². The van der Waals surface area contributed by atoms with Gasteiger partial charge in [-0.3, -0.25) is 4.55 Å². The fourth-order valence-electron chi connectivity index (χ4n) is 3.30. The van der Waals surface area contributed by atoms with Crippen LogP contribution in [0.2, 0.25) is 0 Å². The molecule has 34 heavy (non-hydrogen) atoms. The Hall–Kier alpha value is -2.61. The van der Waals surface area contributed by atoms with Crippen LogP contribution in [0.3, 0.4) is 0 Å². The number of thiazole rings is 1. The maximum absolute atomic E-state index is 13.0. The van der Waals surface area contributed by atoms with E-state index in [1.54, 1.807) is 53.9 Å². The lowest BCUT2D eigenvalue weighted by atomic mass is 10.2. The summed E-state index contributed by atoms with van der Waals surface area (Å²) in [6, 6.07) is 19.4. The highest BCUT2D eigenvalue weighted by Crippen LogP contribution is 2.31. The Labute approximate surface area is 206 Å². The quantitative estimate of drug-likeness (QED) is 0.292. The van der Waals surface area contributed by atoms with Crippen LogP contribution in [0.1, 0.15) is 17.3 Å². The molecule has 0 aliphatic heterocycles. The molecule has 0 radical (unpaired) electrons.